The van der Waals surface area contributed by atoms with Gasteiger partial charge in [0, 0.05) is 6.42 Å². The van der Waals surface area contributed by atoms with Crippen LogP contribution in [0.1, 0.15) is 44.3 Å². The van der Waals surface area contributed by atoms with Crippen molar-refractivity contribution in [2.24, 2.45) is 11.3 Å². The van der Waals surface area contributed by atoms with Gasteiger partial charge in [-0.3, -0.25) is 0 Å². The van der Waals surface area contributed by atoms with Crippen molar-refractivity contribution in [3.05, 3.63) is 5.82 Å². The number of nitrogens with two attached hydrogens (primary N) is 2. The highest BCUT2D eigenvalue weighted by Gasteiger charge is 2.44. The molecule has 5 heteroatoms. The van der Waals surface area contributed by atoms with Crippen LogP contribution in [0.15, 0.2) is 0 Å². The van der Waals surface area contributed by atoms with Crippen LogP contribution in [-0.4, -0.2) is 15.0 Å². The first-order valence-corrected chi connectivity index (χ1v) is 6.41. The van der Waals surface area contributed by atoms with E-state index in [0.717, 1.165) is 18.2 Å². The fourth-order valence-corrected chi connectivity index (χ4v) is 3.61. The fraction of sp³-hybridized carbons (Fsp3) is 0.750. The van der Waals surface area contributed by atoms with Crippen molar-refractivity contribution in [2.75, 3.05) is 11.5 Å². The van der Waals surface area contributed by atoms with Gasteiger partial charge in [-0.15, -0.1) is 0 Å². The molecule has 0 amide bonds. The third-order valence-electron chi connectivity index (χ3n) is 4.48. The normalized spacial score (nSPS) is 30.9. The molecule has 1 aromatic heterocycles. The number of anilines is 2. The second-order valence-electron chi connectivity index (χ2n) is 5.62. The standard InChI is InChI=1S/C12H19N5/c13-10-15-9(16-11(14)17-10)3-6-12-4-1-8(7-12)2-5-12/h8H,1-7H2,(H4,13,14,15,16,17). The lowest BCUT2D eigenvalue weighted by Crippen LogP contribution is -2.16. The van der Waals surface area contributed by atoms with Crippen molar-refractivity contribution in [3.8, 4) is 0 Å². The van der Waals surface area contributed by atoms with Crippen LogP contribution in [0.2, 0.25) is 0 Å². The number of aryl methyl sites for hydroxylation is 1. The molecule has 5 nitrogen and oxygen atoms in total. The van der Waals surface area contributed by atoms with Crippen LogP contribution in [0.3, 0.4) is 0 Å². The Balaban J connectivity index is 1.67. The Bertz CT molecular complexity index is 403. The molecular formula is C12H19N5. The molecule has 0 radical (unpaired) electrons. The summed E-state index contributed by atoms with van der Waals surface area (Å²) in [5, 5.41) is 0. The van der Waals surface area contributed by atoms with Crippen LogP contribution in [0.4, 0.5) is 11.9 Å². The lowest BCUT2D eigenvalue weighted by atomic mass is 9.80. The molecule has 0 unspecified atom stereocenters. The number of rotatable bonds is 3. The van der Waals surface area contributed by atoms with Crippen LogP contribution in [0.5, 0.6) is 0 Å². The summed E-state index contributed by atoms with van der Waals surface area (Å²) in [5.41, 5.74) is 11.7. The summed E-state index contributed by atoms with van der Waals surface area (Å²) in [7, 11) is 0. The molecule has 3 rings (SSSR count). The minimum Gasteiger partial charge on any atom is -0.368 e. The first-order chi connectivity index (χ1) is 8.15. The van der Waals surface area contributed by atoms with Crippen molar-refractivity contribution in [2.45, 2.75) is 44.9 Å². The van der Waals surface area contributed by atoms with Crippen LogP contribution >= 0.6 is 0 Å². The Hall–Kier alpha value is -1.39. The molecule has 0 spiro atoms. The average molecular weight is 233 g/mol. The van der Waals surface area contributed by atoms with Gasteiger partial charge in [0.25, 0.3) is 0 Å². The molecule has 2 aliphatic carbocycles. The van der Waals surface area contributed by atoms with E-state index in [1.807, 2.05) is 0 Å². The predicted molar refractivity (Wildman–Crippen MR) is 66.0 cm³/mol. The van der Waals surface area contributed by atoms with E-state index in [-0.39, 0.29) is 11.9 Å². The lowest BCUT2D eigenvalue weighted by molar-refractivity contribution is 0.269. The molecule has 2 aliphatic rings. The summed E-state index contributed by atoms with van der Waals surface area (Å²) in [6, 6.07) is 0. The van der Waals surface area contributed by atoms with E-state index in [1.54, 1.807) is 0 Å². The molecule has 92 valence electrons. The van der Waals surface area contributed by atoms with Gasteiger partial charge >= 0.3 is 0 Å². The van der Waals surface area contributed by atoms with Crippen molar-refractivity contribution < 1.29 is 0 Å². The molecule has 1 aromatic rings. The topological polar surface area (TPSA) is 90.7 Å². The SMILES string of the molecule is Nc1nc(N)nc(CCC23CCC(CC2)C3)n1. The van der Waals surface area contributed by atoms with Gasteiger partial charge in [-0.1, -0.05) is 0 Å². The van der Waals surface area contributed by atoms with Crippen molar-refractivity contribution in [3.63, 3.8) is 0 Å². The molecule has 2 bridgehead atoms. The molecule has 2 fully saturated rings. The Morgan fingerprint density at radius 1 is 1.06 bits per heavy atom. The Labute approximate surface area is 101 Å². The summed E-state index contributed by atoms with van der Waals surface area (Å²) in [6.45, 7) is 0. The lowest BCUT2D eigenvalue weighted by Gasteiger charge is -2.25. The summed E-state index contributed by atoms with van der Waals surface area (Å²) < 4.78 is 0. The van der Waals surface area contributed by atoms with Crippen LogP contribution in [0.25, 0.3) is 0 Å². The van der Waals surface area contributed by atoms with E-state index in [0.29, 0.717) is 5.41 Å². The van der Waals surface area contributed by atoms with Crippen molar-refractivity contribution >= 4 is 11.9 Å². The molecule has 1 heterocycles. The fourth-order valence-electron chi connectivity index (χ4n) is 3.61. The predicted octanol–water partition coefficient (Wildman–Crippen LogP) is 1.55. The van der Waals surface area contributed by atoms with Crippen LogP contribution in [-0.2, 0) is 6.42 Å². The zero-order chi connectivity index (χ0) is 11.9. The maximum atomic E-state index is 5.57. The third kappa shape index (κ3) is 2.06. The molecule has 4 N–H and O–H groups in total. The number of nitrogen functional groups attached to an aromatic ring is 2. The largest absolute Gasteiger partial charge is 0.368 e. The number of nitrogens with zero attached hydrogens (tertiary/aromatic N) is 3. The first kappa shape index (κ1) is 10.7. The van der Waals surface area contributed by atoms with E-state index < -0.39 is 0 Å². The van der Waals surface area contributed by atoms with Gasteiger partial charge < -0.3 is 11.5 Å². The van der Waals surface area contributed by atoms with Gasteiger partial charge in [-0.2, -0.15) is 15.0 Å². The quantitative estimate of drug-likeness (QED) is 0.826. The molecule has 2 saturated carbocycles. The number of hydrogen-bond donors (Lipinski definition) is 2. The minimum absolute atomic E-state index is 0.237. The second-order valence-corrected chi connectivity index (χ2v) is 5.62. The highest BCUT2D eigenvalue weighted by atomic mass is 15.1. The van der Waals surface area contributed by atoms with E-state index in [2.05, 4.69) is 15.0 Å². The van der Waals surface area contributed by atoms with Gasteiger partial charge in [0.15, 0.2) is 0 Å². The van der Waals surface area contributed by atoms with E-state index in [1.165, 1.54) is 38.5 Å². The highest BCUT2D eigenvalue weighted by Crippen LogP contribution is 2.56. The maximum absolute atomic E-state index is 5.57. The van der Waals surface area contributed by atoms with Crippen molar-refractivity contribution in [1.82, 2.24) is 15.0 Å². The van der Waals surface area contributed by atoms with Gasteiger partial charge in [0.1, 0.15) is 5.82 Å². The second kappa shape index (κ2) is 3.82. The average Bonchev–Trinajstić information content (AvgIpc) is 2.86. The highest BCUT2D eigenvalue weighted by molar-refractivity contribution is 5.25. The van der Waals surface area contributed by atoms with Crippen molar-refractivity contribution in [1.29, 1.82) is 0 Å². The molecule has 0 saturated heterocycles. The maximum Gasteiger partial charge on any atom is 0.225 e. The Morgan fingerprint density at radius 2 is 1.71 bits per heavy atom. The summed E-state index contributed by atoms with van der Waals surface area (Å²) in [6.07, 6.45) is 9.06. The number of hydrogen-bond acceptors (Lipinski definition) is 5. The van der Waals surface area contributed by atoms with E-state index >= 15 is 0 Å². The first-order valence-electron chi connectivity index (χ1n) is 6.41. The molecule has 17 heavy (non-hydrogen) atoms. The molecule has 0 aliphatic heterocycles. The van der Waals surface area contributed by atoms with Gasteiger partial charge in [0.2, 0.25) is 11.9 Å². The number of aromatic nitrogens is 3. The van der Waals surface area contributed by atoms with Gasteiger partial charge in [0.05, 0.1) is 0 Å². The zero-order valence-electron chi connectivity index (χ0n) is 10.0. The van der Waals surface area contributed by atoms with Crippen LogP contribution < -0.4 is 11.5 Å². The summed E-state index contributed by atoms with van der Waals surface area (Å²) in [5.74, 6) is 2.21. The number of fused-ring (bicyclic) bond motifs is 2. The Morgan fingerprint density at radius 3 is 2.24 bits per heavy atom. The van der Waals surface area contributed by atoms with Gasteiger partial charge in [-0.25, -0.2) is 0 Å². The molecular weight excluding hydrogens is 214 g/mol. The summed E-state index contributed by atoms with van der Waals surface area (Å²) >= 11 is 0. The Kier molecular flexibility index (Phi) is 2.42. The molecule has 0 atom stereocenters. The third-order valence-corrected chi connectivity index (χ3v) is 4.48. The van der Waals surface area contributed by atoms with Gasteiger partial charge in [-0.05, 0) is 49.9 Å². The monoisotopic (exact) mass is 233 g/mol. The minimum atomic E-state index is 0.237. The summed E-state index contributed by atoms with van der Waals surface area (Å²) in [4.78, 5) is 12.1. The smallest absolute Gasteiger partial charge is 0.225 e. The van der Waals surface area contributed by atoms with E-state index in [4.69, 9.17) is 11.5 Å². The van der Waals surface area contributed by atoms with Crippen LogP contribution in [0, 0.1) is 11.3 Å². The zero-order valence-corrected chi connectivity index (χ0v) is 10.0. The molecule has 0 aromatic carbocycles. The van der Waals surface area contributed by atoms with E-state index in [9.17, 15) is 0 Å².